The van der Waals surface area contributed by atoms with E-state index in [9.17, 15) is 10.1 Å². The average Bonchev–Trinajstić information content (AvgIpc) is 2.60. The summed E-state index contributed by atoms with van der Waals surface area (Å²) in [6, 6.07) is 5.64. The van der Waals surface area contributed by atoms with Crippen molar-refractivity contribution in [1.29, 1.82) is 0 Å². The Morgan fingerprint density at radius 3 is 3.00 bits per heavy atom. The Morgan fingerprint density at radius 2 is 2.22 bits per heavy atom. The van der Waals surface area contributed by atoms with E-state index in [1.54, 1.807) is 19.1 Å². The Hall–Kier alpha value is -1.62. The van der Waals surface area contributed by atoms with Crippen molar-refractivity contribution in [2.75, 3.05) is 18.5 Å². The number of rotatable bonds is 3. The minimum Gasteiger partial charge on any atom is -0.382 e. The molecule has 0 amide bonds. The van der Waals surface area contributed by atoms with E-state index in [1.807, 2.05) is 6.07 Å². The lowest BCUT2D eigenvalue weighted by molar-refractivity contribution is -0.385. The van der Waals surface area contributed by atoms with Crippen LogP contribution in [0.5, 0.6) is 0 Å². The van der Waals surface area contributed by atoms with Gasteiger partial charge in [0, 0.05) is 36.6 Å². The second kappa shape index (κ2) is 5.82. The summed E-state index contributed by atoms with van der Waals surface area (Å²) in [5.41, 5.74) is 1.68. The number of hydrogen-bond acceptors (Lipinski definition) is 4. The van der Waals surface area contributed by atoms with Gasteiger partial charge in [0.05, 0.1) is 4.92 Å². The van der Waals surface area contributed by atoms with Crippen LogP contribution in [0.2, 0.25) is 0 Å². The molecule has 18 heavy (non-hydrogen) atoms. The second-order valence-electron chi connectivity index (χ2n) is 4.64. The van der Waals surface area contributed by atoms with Crippen LogP contribution in [0.3, 0.4) is 0 Å². The van der Waals surface area contributed by atoms with Gasteiger partial charge in [-0.2, -0.15) is 0 Å². The van der Waals surface area contributed by atoms with Crippen molar-refractivity contribution in [3.05, 3.63) is 33.9 Å². The molecule has 0 radical (unpaired) electrons. The van der Waals surface area contributed by atoms with Crippen LogP contribution in [0.1, 0.15) is 24.8 Å². The quantitative estimate of drug-likeness (QED) is 0.661. The molecule has 5 nitrogen and oxygen atoms in total. The SMILES string of the molecule is Cc1ccc(NC2CCCOCC2)cc1[N+](=O)[O-]. The van der Waals surface area contributed by atoms with Crippen molar-refractivity contribution < 1.29 is 9.66 Å². The summed E-state index contributed by atoms with van der Waals surface area (Å²) in [7, 11) is 0. The van der Waals surface area contributed by atoms with Crippen LogP contribution in [0.25, 0.3) is 0 Å². The van der Waals surface area contributed by atoms with Crippen LogP contribution in [0, 0.1) is 17.0 Å². The van der Waals surface area contributed by atoms with Crippen molar-refractivity contribution in [2.24, 2.45) is 0 Å². The number of nitrogens with zero attached hydrogens (tertiary/aromatic N) is 1. The lowest BCUT2D eigenvalue weighted by Gasteiger charge is -2.17. The summed E-state index contributed by atoms with van der Waals surface area (Å²) in [6.07, 6.45) is 3.02. The maximum atomic E-state index is 10.9. The molecule has 98 valence electrons. The zero-order valence-electron chi connectivity index (χ0n) is 10.5. The number of nitro groups is 1. The first-order valence-electron chi connectivity index (χ1n) is 6.26. The van der Waals surface area contributed by atoms with Crippen molar-refractivity contribution in [1.82, 2.24) is 0 Å². The van der Waals surface area contributed by atoms with Crippen LogP contribution in [0.4, 0.5) is 11.4 Å². The largest absolute Gasteiger partial charge is 0.382 e. The number of hydrogen-bond donors (Lipinski definition) is 1. The van der Waals surface area contributed by atoms with E-state index in [2.05, 4.69) is 5.32 Å². The third-order valence-electron chi connectivity index (χ3n) is 3.23. The highest BCUT2D eigenvalue weighted by molar-refractivity contribution is 5.55. The summed E-state index contributed by atoms with van der Waals surface area (Å²) in [5.74, 6) is 0. The first kappa shape index (κ1) is 12.8. The van der Waals surface area contributed by atoms with Crippen LogP contribution in [0.15, 0.2) is 18.2 Å². The molecule has 0 spiro atoms. The standard InChI is InChI=1S/C13H18N2O3/c1-10-4-5-12(9-13(10)15(16)17)14-11-3-2-7-18-8-6-11/h4-5,9,11,14H,2-3,6-8H2,1H3. The molecule has 1 unspecified atom stereocenters. The van der Waals surface area contributed by atoms with Gasteiger partial charge in [0.15, 0.2) is 0 Å². The highest BCUT2D eigenvalue weighted by Gasteiger charge is 2.15. The summed E-state index contributed by atoms with van der Waals surface area (Å²) in [5, 5.41) is 14.2. The fourth-order valence-electron chi connectivity index (χ4n) is 2.18. The van der Waals surface area contributed by atoms with E-state index in [0.717, 1.165) is 38.2 Å². The fourth-order valence-corrected chi connectivity index (χ4v) is 2.18. The molecule has 1 aliphatic heterocycles. The number of nitro benzene ring substituents is 1. The lowest BCUT2D eigenvalue weighted by atomic mass is 10.1. The minimum absolute atomic E-state index is 0.171. The summed E-state index contributed by atoms with van der Waals surface area (Å²) < 4.78 is 5.40. The average molecular weight is 250 g/mol. The molecule has 1 aliphatic rings. The molecule has 0 saturated carbocycles. The highest BCUT2D eigenvalue weighted by atomic mass is 16.6. The second-order valence-corrected chi connectivity index (χ2v) is 4.64. The van der Waals surface area contributed by atoms with Crippen molar-refractivity contribution >= 4 is 11.4 Å². The predicted octanol–water partition coefficient (Wildman–Crippen LogP) is 2.88. The Morgan fingerprint density at radius 1 is 1.39 bits per heavy atom. The third kappa shape index (κ3) is 3.20. The molecule has 1 fully saturated rings. The van der Waals surface area contributed by atoms with Gasteiger partial charge in [-0.25, -0.2) is 0 Å². The van der Waals surface area contributed by atoms with Crippen molar-refractivity contribution in [3.8, 4) is 0 Å². The Bertz CT molecular complexity index is 426. The first-order chi connectivity index (χ1) is 8.66. The minimum atomic E-state index is -0.337. The Kier molecular flexibility index (Phi) is 4.15. The highest BCUT2D eigenvalue weighted by Crippen LogP contribution is 2.24. The topological polar surface area (TPSA) is 64.4 Å². The number of nitrogens with one attached hydrogen (secondary N) is 1. The van der Waals surface area contributed by atoms with E-state index < -0.39 is 0 Å². The molecule has 1 N–H and O–H groups in total. The van der Waals surface area contributed by atoms with E-state index in [0.29, 0.717) is 11.6 Å². The van der Waals surface area contributed by atoms with Gasteiger partial charge in [0.2, 0.25) is 0 Å². The molecule has 0 aliphatic carbocycles. The lowest BCUT2D eigenvalue weighted by Crippen LogP contribution is -2.19. The number of ether oxygens (including phenoxy) is 1. The normalized spacial score (nSPS) is 20.2. The molecule has 0 bridgehead atoms. The van der Waals surface area contributed by atoms with Crippen LogP contribution in [-0.2, 0) is 4.74 Å². The molecule has 1 aromatic carbocycles. The van der Waals surface area contributed by atoms with E-state index in [-0.39, 0.29) is 10.6 Å². The smallest absolute Gasteiger partial charge is 0.274 e. The molecule has 1 saturated heterocycles. The first-order valence-corrected chi connectivity index (χ1v) is 6.26. The summed E-state index contributed by atoms with van der Waals surface area (Å²) in [6.45, 7) is 3.32. The van der Waals surface area contributed by atoms with Gasteiger partial charge in [-0.05, 0) is 32.3 Å². The zero-order chi connectivity index (χ0) is 13.0. The van der Waals surface area contributed by atoms with E-state index in [1.165, 1.54) is 0 Å². The van der Waals surface area contributed by atoms with E-state index in [4.69, 9.17) is 4.74 Å². The van der Waals surface area contributed by atoms with Gasteiger partial charge in [-0.15, -0.1) is 0 Å². The number of benzene rings is 1. The van der Waals surface area contributed by atoms with Crippen LogP contribution < -0.4 is 5.32 Å². The third-order valence-corrected chi connectivity index (χ3v) is 3.23. The van der Waals surface area contributed by atoms with Gasteiger partial charge >= 0.3 is 0 Å². The summed E-state index contributed by atoms with van der Waals surface area (Å²) >= 11 is 0. The van der Waals surface area contributed by atoms with Crippen molar-refractivity contribution in [3.63, 3.8) is 0 Å². The molecular weight excluding hydrogens is 232 g/mol. The van der Waals surface area contributed by atoms with Crippen LogP contribution >= 0.6 is 0 Å². The van der Waals surface area contributed by atoms with Crippen molar-refractivity contribution in [2.45, 2.75) is 32.2 Å². The molecule has 1 heterocycles. The van der Waals surface area contributed by atoms with Crippen LogP contribution in [-0.4, -0.2) is 24.2 Å². The van der Waals surface area contributed by atoms with Gasteiger partial charge < -0.3 is 10.1 Å². The molecular formula is C13H18N2O3. The predicted molar refractivity (Wildman–Crippen MR) is 69.9 cm³/mol. The maximum absolute atomic E-state index is 10.9. The van der Waals surface area contributed by atoms with Gasteiger partial charge in [0.1, 0.15) is 0 Å². The number of anilines is 1. The Labute approximate surface area is 106 Å². The zero-order valence-corrected chi connectivity index (χ0v) is 10.5. The van der Waals surface area contributed by atoms with Gasteiger partial charge in [0.25, 0.3) is 5.69 Å². The summed E-state index contributed by atoms with van der Waals surface area (Å²) in [4.78, 5) is 10.5. The molecule has 0 aromatic heterocycles. The molecule has 1 aromatic rings. The van der Waals surface area contributed by atoms with E-state index >= 15 is 0 Å². The number of aryl methyl sites for hydroxylation is 1. The molecule has 1 atom stereocenters. The Balaban J connectivity index is 2.08. The fraction of sp³-hybridized carbons (Fsp3) is 0.538. The monoisotopic (exact) mass is 250 g/mol. The molecule has 2 rings (SSSR count). The van der Waals surface area contributed by atoms with Gasteiger partial charge in [-0.3, -0.25) is 10.1 Å². The molecule has 5 heteroatoms. The maximum Gasteiger partial charge on any atom is 0.274 e. The van der Waals surface area contributed by atoms with Gasteiger partial charge in [-0.1, -0.05) is 6.07 Å².